The predicted molar refractivity (Wildman–Crippen MR) is 108 cm³/mol. The molecule has 1 aromatic heterocycles. The van der Waals surface area contributed by atoms with Crippen molar-refractivity contribution in [2.24, 2.45) is 0 Å². The van der Waals surface area contributed by atoms with E-state index in [1.165, 1.54) is 5.56 Å². The zero-order valence-electron chi connectivity index (χ0n) is 16.3. The van der Waals surface area contributed by atoms with Gasteiger partial charge in [0, 0.05) is 46.3 Å². The van der Waals surface area contributed by atoms with Crippen LogP contribution in [0.25, 0.3) is 0 Å². The zero-order chi connectivity index (χ0) is 19.1. The minimum atomic E-state index is -0.0235. The van der Waals surface area contributed by atoms with Crippen molar-refractivity contribution < 1.29 is 4.79 Å². The molecule has 1 aliphatic heterocycles. The Morgan fingerprint density at radius 2 is 1.78 bits per heavy atom. The number of carbonyl (C=O) groups is 1. The number of hydrogen-bond acceptors (Lipinski definition) is 5. The molecule has 0 atom stereocenters. The topological polar surface area (TPSA) is 52.6 Å². The molecule has 0 unspecified atom stereocenters. The fourth-order valence-corrected chi connectivity index (χ4v) is 3.27. The molecule has 6 nitrogen and oxygen atoms in total. The van der Waals surface area contributed by atoms with E-state index in [-0.39, 0.29) is 5.91 Å². The number of hydrogen-bond donors (Lipinski definition) is 0. The van der Waals surface area contributed by atoms with Crippen LogP contribution in [0.15, 0.2) is 42.5 Å². The van der Waals surface area contributed by atoms with Crippen LogP contribution in [0, 0.1) is 0 Å². The molecule has 0 aliphatic carbocycles. The lowest BCUT2D eigenvalue weighted by atomic mass is 10.2. The molecule has 144 valence electrons. The highest BCUT2D eigenvalue weighted by molar-refractivity contribution is 5.92. The molecule has 1 aromatic carbocycles. The van der Waals surface area contributed by atoms with Crippen LogP contribution in [0.1, 0.15) is 35.8 Å². The molecule has 2 aromatic rings. The first-order valence-corrected chi connectivity index (χ1v) is 9.78. The molecule has 1 aliphatic rings. The number of anilines is 1. The summed E-state index contributed by atoms with van der Waals surface area (Å²) in [6.45, 7) is 7.26. The van der Waals surface area contributed by atoms with Crippen molar-refractivity contribution in [1.82, 2.24) is 20.0 Å². The second-order valence-corrected chi connectivity index (χ2v) is 7.11. The van der Waals surface area contributed by atoms with E-state index in [1.807, 2.05) is 24.1 Å². The molecule has 27 heavy (non-hydrogen) atoms. The Kier molecular flexibility index (Phi) is 6.76. The summed E-state index contributed by atoms with van der Waals surface area (Å²) in [5.41, 5.74) is 1.74. The van der Waals surface area contributed by atoms with Gasteiger partial charge >= 0.3 is 0 Å². The van der Waals surface area contributed by atoms with E-state index < -0.39 is 0 Å². The van der Waals surface area contributed by atoms with Gasteiger partial charge in [-0.1, -0.05) is 43.7 Å². The number of rotatable bonds is 7. The van der Waals surface area contributed by atoms with E-state index in [9.17, 15) is 4.79 Å². The Morgan fingerprint density at radius 3 is 2.41 bits per heavy atom. The van der Waals surface area contributed by atoms with Crippen LogP contribution in [0.4, 0.5) is 5.82 Å². The first kappa shape index (κ1) is 19.3. The first-order chi connectivity index (χ1) is 13.2. The highest BCUT2D eigenvalue weighted by Gasteiger charge is 2.23. The molecule has 1 amide bonds. The van der Waals surface area contributed by atoms with E-state index in [1.54, 1.807) is 6.07 Å². The number of nitrogens with zero attached hydrogens (tertiary/aromatic N) is 5. The number of aromatic nitrogens is 2. The van der Waals surface area contributed by atoms with E-state index in [2.05, 4.69) is 51.2 Å². The highest BCUT2D eigenvalue weighted by atomic mass is 16.2. The lowest BCUT2D eigenvalue weighted by molar-refractivity contribution is 0.0621. The largest absolute Gasteiger partial charge is 0.358 e. The predicted octanol–water partition coefficient (Wildman–Crippen LogP) is 2.67. The Balaban J connectivity index is 1.51. The van der Waals surface area contributed by atoms with Crippen LogP contribution in [-0.4, -0.2) is 65.7 Å². The molecule has 3 rings (SSSR count). The maximum absolute atomic E-state index is 12.7. The summed E-state index contributed by atoms with van der Waals surface area (Å²) in [6, 6.07) is 14.1. The fraction of sp³-hybridized carbons (Fsp3) is 0.476. The number of piperazine rings is 1. The second kappa shape index (κ2) is 9.46. The van der Waals surface area contributed by atoms with Gasteiger partial charge < -0.3 is 9.80 Å². The smallest absolute Gasteiger partial charge is 0.274 e. The molecule has 6 heteroatoms. The maximum Gasteiger partial charge on any atom is 0.274 e. The Morgan fingerprint density at radius 1 is 1.04 bits per heavy atom. The Hall–Kier alpha value is -2.47. The minimum Gasteiger partial charge on any atom is -0.358 e. The van der Waals surface area contributed by atoms with Crippen molar-refractivity contribution >= 4 is 11.7 Å². The maximum atomic E-state index is 12.7. The summed E-state index contributed by atoms with van der Waals surface area (Å²) in [5.74, 6) is 0.789. The molecule has 2 heterocycles. The van der Waals surface area contributed by atoms with Crippen molar-refractivity contribution in [3.8, 4) is 0 Å². The van der Waals surface area contributed by atoms with Gasteiger partial charge in [-0.05, 0) is 24.1 Å². The van der Waals surface area contributed by atoms with Gasteiger partial charge in [0.15, 0.2) is 11.5 Å². The van der Waals surface area contributed by atoms with Gasteiger partial charge in [-0.2, -0.15) is 0 Å². The summed E-state index contributed by atoms with van der Waals surface area (Å²) >= 11 is 0. The van der Waals surface area contributed by atoms with Gasteiger partial charge in [0.25, 0.3) is 5.91 Å². The molecular weight excluding hydrogens is 338 g/mol. The zero-order valence-corrected chi connectivity index (χ0v) is 16.3. The van der Waals surface area contributed by atoms with E-state index >= 15 is 0 Å². The minimum absolute atomic E-state index is 0.0235. The van der Waals surface area contributed by atoms with E-state index in [4.69, 9.17) is 0 Å². The number of unbranched alkanes of at least 4 members (excludes halogenated alkanes) is 1. The quantitative estimate of drug-likeness (QED) is 0.753. The number of benzene rings is 1. The third kappa shape index (κ3) is 5.26. The normalized spacial score (nSPS) is 15.0. The van der Waals surface area contributed by atoms with E-state index in [0.29, 0.717) is 5.69 Å². The molecule has 0 saturated carbocycles. The second-order valence-electron chi connectivity index (χ2n) is 7.11. The van der Waals surface area contributed by atoms with Gasteiger partial charge in [-0.25, -0.2) is 0 Å². The monoisotopic (exact) mass is 367 g/mol. The van der Waals surface area contributed by atoms with Crippen molar-refractivity contribution in [3.63, 3.8) is 0 Å². The number of amides is 1. The third-order valence-corrected chi connectivity index (χ3v) is 5.02. The van der Waals surface area contributed by atoms with Crippen molar-refractivity contribution in [3.05, 3.63) is 53.7 Å². The standard InChI is InChI=1S/C21H29N5O/c1-3-4-12-24(2)20-11-10-19(22-23-20)21(27)26-15-13-25(14-16-26)17-18-8-6-5-7-9-18/h5-11H,3-4,12-17H2,1-2H3. The lowest BCUT2D eigenvalue weighted by Crippen LogP contribution is -2.48. The molecule has 0 spiro atoms. The van der Waals surface area contributed by atoms with Gasteiger partial charge in [0.05, 0.1) is 0 Å². The number of carbonyl (C=O) groups excluding carboxylic acids is 1. The average molecular weight is 367 g/mol. The average Bonchev–Trinajstić information content (AvgIpc) is 2.73. The van der Waals surface area contributed by atoms with Crippen LogP contribution in [-0.2, 0) is 6.54 Å². The Labute approximate surface area is 161 Å². The first-order valence-electron chi connectivity index (χ1n) is 9.78. The summed E-state index contributed by atoms with van der Waals surface area (Å²) in [4.78, 5) is 19.1. The van der Waals surface area contributed by atoms with Crippen LogP contribution >= 0.6 is 0 Å². The Bertz CT molecular complexity index is 711. The van der Waals surface area contributed by atoms with Gasteiger partial charge in [0.1, 0.15) is 0 Å². The molecule has 0 bridgehead atoms. The van der Waals surface area contributed by atoms with Crippen LogP contribution in [0.3, 0.4) is 0 Å². The molecule has 1 fully saturated rings. The lowest BCUT2D eigenvalue weighted by Gasteiger charge is -2.34. The molecule has 0 radical (unpaired) electrons. The summed E-state index contributed by atoms with van der Waals surface area (Å²) < 4.78 is 0. The van der Waals surface area contributed by atoms with Crippen molar-refractivity contribution in [1.29, 1.82) is 0 Å². The van der Waals surface area contributed by atoms with Crippen molar-refractivity contribution in [2.75, 3.05) is 44.7 Å². The SMILES string of the molecule is CCCCN(C)c1ccc(C(=O)N2CCN(Cc3ccccc3)CC2)nn1. The van der Waals surface area contributed by atoms with Gasteiger partial charge in [0.2, 0.25) is 0 Å². The third-order valence-electron chi connectivity index (χ3n) is 5.02. The fourth-order valence-electron chi connectivity index (χ4n) is 3.27. The van der Waals surface area contributed by atoms with Crippen LogP contribution in [0.5, 0.6) is 0 Å². The molecule has 0 N–H and O–H groups in total. The van der Waals surface area contributed by atoms with Gasteiger partial charge in [-0.3, -0.25) is 9.69 Å². The molecule has 1 saturated heterocycles. The summed E-state index contributed by atoms with van der Waals surface area (Å²) in [5, 5.41) is 8.41. The summed E-state index contributed by atoms with van der Waals surface area (Å²) in [7, 11) is 2.01. The van der Waals surface area contributed by atoms with Crippen molar-refractivity contribution in [2.45, 2.75) is 26.3 Å². The van der Waals surface area contributed by atoms with E-state index in [0.717, 1.165) is 57.9 Å². The summed E-state index contributed by atoms with van der Waals surface area (Å²) in [6.07, 6.45) is 2.26. The van der Waals surface area contributed by atoms with Crippen LogP contribution in [0.2, 0.25) is 0 Å². The van der Waals surface area contributed by atoms with Gasteiger partial charge in [-0.15, -0.1) is 10.2 Å². The highest BCUT2D eigenvalue weighted by Crippen LogP contribution is 2.13. The molecular formula is C21H29N5O. The van der Waals surface area contributed by atoms with Crippen LogP contribution < -0.4 is 4.90 Å².